The average molecular weight is 345 g/mol. The minimum atomic E-state index is -4.44. The van der Waals surface area contributed by atoms with Gasteiger partial charge in [0.25, 0.3) is 0 Å². The van der Waals surface area contributed by atoms with E-state index in [0.717, 1.165) is 12.1 Å². The highest BCUT2D eigenvalue weighted by Gasteiger charge is 2.35. The summed E-state index contributed by atoms with van der Waals surface area (Å²) in [6, 6.07) is 3.74. The highest BCUT2D eigenvalue weighted by molar-refractivity contribution is 5.85. The Balaban J connectivity index is 2.10. The van der Waals surface area contributed by atoms with Crippen molar-refractivity contribution < 1.29 is 32.6 Å². The standard InChI is InChI=1S/C16H18F3NO4/c1-10(7-11-3-2-4-12(8-11)16(17,18)19)14(21)20-5-6-24-9-13(20)15(22)23/h2-4,8,10,13H,5-7,9H2,1H3,(H,22,23)/t10-,13-/m0/s1. The summed E-state index contributed by atoms with van der Waals surface area (Å²) < 4.78 is 43.3. The van der Waals surface area contributed by atoms with Gasteiger partial charge in [-0.2, -0.15) is 13.2 Å². The number of carboxylic acid groups (broad SMARTS) is 1. The number of morpholine rings is 1. The summed E-state index contributed by atoms with van der Waals surface area (Å²) in [6.45, 7) is 1.89. The molecule has 24 heavy (non-hydrogen) atoms. The maximum absolute atomic E-state index is 12.7. The molecule has 0 bridgehead atoms. The molecule has 0 radical (unpaired) electrons. The van der Waals surface area contributed by atoms with Crippen LogP contribution in [0, 0.1) is 5.92 Å². The number of carboxylic acids is 1. The number of alkyl halides is 3. The fourth-order valence-corrected chi connectivity index (χ4v) is 2.67. The molecule has 1 amide bonds. The van der Waals surface area contributed by atoms with Crippen LogP contribution in [0.15, 0.2) is 24.3 Å². The van der Waals surface area contributed by atoms with Gasteiger partial charge in [0.15, 0.2) is 6.04 Å². The lowest BCUT2D eigenvalue weighted by molar-refractivity contribution is -0.160. The lowest BCUT2D eigenvalue weighted by Gasteiger charge is -2.34. The number of nitrogens with zero attached hydrogens (tertiary/aromatic N) is 1. The fraction of sp³-hybridized carbons (Fsp3) is 0.500. The molecule has 1 aliphatic rings. The predicted molar refractivity (Wildman–Crippen MR) is 78.3 cm³/mol. The van der Waals surface area contributed by atoms with Gasteiger partial charge in [0.05, 0.1) is 18.8 Å². The van der Waals surface area contributed by atoms with Crippen molar-refractivity contribution in [3.8, 4) is 0 Å². The molecular weight excluding hydrogens is 327 g/mol. The minimum Gasteiger partial charge on any atom is -0.480 e. The fourth-order valence-electron chi connectivity index (χ4n) is 2.67. The van der Waals surface area contributed by atoms with Gasteiger partial charge in [0, 0.05) is 12.5 Å². The molecule has 5 nitrogen and oxygen atoms in total. The number of ether oxygens (including phenoxy) is 1. The zero-order chi connectivity index (χ0) is 17.9. The van der Waals surface area contributed by atoms with Crippen molar-refractivity contribution in [2.75, 3.05) is 19.8 Å². The molecule has 0 saturated carbocycles. The van der Waals surface area contributed by atoms with E-state index in [2.05, 4.69) is 0 Å². The molecule has 0 aliphatic carbocycles. The van der Waals surface area contributed by atoms with Crippen molar-refractivity contribution in [2.45, 2.75) is 25.6 Å². The molecular formula is C16H18F3NO4. The van der Waals surface area contributed by atoms with Crippen LogP contribution in [0.2, 0.25) is 0 Å². The summed E-state index contributed by atoms with van der Waals surface area (Å²) in [5.41, 5.74) is -0.389. The Morgan fingerprint density at radius 3 is 2.75 bits per heavy atom. The summed E-state index contributed by atoms with van der Waals surface area (Å²) in [5.74, 6) is -2.19. The van der Waals surface area contributed by atoms with E-state index in [9.17, 15) is 22.8 Å². The summed E-state index contributed by atoms with van der Waals surface area (Å²) in [4.78, 5) is 24.9. The first kappa shape index (κ1) is 18.3. The molecule has 2 atom stereocenters. The molecule has 1 N–H and O–H groups in total. The number of hydrogen-bond acceptors (Lipinski definition) is 3. The number of hydrogen-bond donors (Lipinski definition) is 1. The number of rotatable bonds is 4. The molecule has 2 rings (SSSR count). The Labute approximate surface area is 137 Å². The van der Waals surface area contributed by atoms with Crippen LogP contribution >= 0.6 is 0 Å². The van der Waals surface area contributed by atoms with E-state index in [1.54, 1.807) is 6.92 Å². The number of carbonyl (C=O) groups excluding carboxylic acids is 1. The highest BCUT2D eigenvalue weighted by atomic mass is 19.4. The predicted octanol–water partition coefficient (Wildman–Crippen LogP) is 2.20. The van der Waals surface area contributed by atoms with Crippen LogP contribution in [0.3, 0.4) is 0 Å². The average Bonchev–Trinajstić information content (AvgIpc) is 2.53. The van der Waals surface area contributed by atoms with Crippen molar-refractivity contribution in [2.24, 2.45) is 5.92 Å². The number of aliphatic carboxylic acids is 1. The minimum absolute atomic E-state index is 0.0860. The van der Waals surface area contributed by atoms with Crippen LogP contribution in [0.5, 0.6) is 0 Å². The molecule has 1 saturated heterocycles. The topological polar surface area (TPSA) is 66.8 Å². The lowest BCUT2D eigenvalue weighted by atomic mass is 9.97. The van der Waals surface area contributed by atoms with Gasteiger partial charge in [-0.05, 0) is 18.1 Å². The largest absolute Gasteiger partial charge is 0.480 e. The van der Waals surface area contributed by atoms with E-state index in [1.807, 2.05) is 0 Å². The Kier molecular flexibility index (Phi) is 5.48. The van der Waals surface area contributed by atoms with Gasteiger partial charge in [-0.3, -0.25) is 4.79 Å². The summed E-state index contributed by atoms with van der Waals surface area (Å²) >= 11 is 0. The molecule has 1 heterocycles. The number of carbonyl (C=O) groups is 2. The first-order valence-electron chi connectivity index (χ1n) is 7.47. The summed E-state index contributed by atoms with van der Waals surface area (Å²) in [6.07, 6.45) is -4.34. The van der Waals surface area contributed by atoms with Crippen LogP contribution < -0.4 is 0 Å². The van der Waals surface area contributed by atoms with E-state index < -0.39 is 35.6 Å². The Hall–Kier alpha value is -2.09. The van der Waals surface area contributed by atoms with Gasteiger partial charge in [0.1, 0.15) is 0 Å². The molecule has 132 valence electrons. The van der Waals surface area contributed by atoms with Crippen LogP contribution in [0.4, 0.5) is 13.2 Å². The Morgan fingerprint density at radius 2 is 2.12 bits per heavy atom. The molecule has 1 aliphatic heterocycles. The summed E-state index contributed by atoms with van der Waals surface area (Å²) in [5, 5.41) is 9.16. The van der Waals surface area contributed by atoms with Crippen molar-refractivity contribution in [1.29, 1.82) is 0 Å². The van der Waals surface area contributed by atoms with Crippen LogP contribution in [-0.4, -0.2) is 47.7 Å². The maximum Gasteiger partial charge on any atom is 0.416 e. The molecule has 1 fully saturated rings. The van der Waals surface area contributed by atoms with Crippen molar-refractivity contribution in [1.82, 2.24) is 4.90 Å². The van der Waals surface area contributed by atoms with Gasteiger partial charge in [0.2, 0.25) is 5.91 Å². The molecule has 8 heteroatoms. The third kappa shape index (κ3) is 4.25. The molecule has 1 aromatic carbocycles. The van der Waals surface area contributed by atoms with Gasteiger partial charge in [-0.15, -0.1) is 0 Å². The third-order valence-electron chi connectivity index (χ3n) is 3.91. The Bertz CT molecular complexity index is 618. The van der Waals surface area contributed by atoms with Crippen molar-refractivity contribution >= 4 is 11.9 Å². The quantitative estimate of drug-likeness (QED) is 0.908. The molecule has 1 aromatic rings. The van der Waals surface area contributed by atoms with E-state index in [1.165, 1.54) is 17.0 Å². The van der Waals surface area contributed by atoms with E-state index in [0.29, 0.717) is 5.56 Å². The first-order chi connectivity index (χ1) is 11.2. The number of amides is 1. The van der Waals surface area contributed by atoms with Crippen molar-refractivity contribution in [3.63, 3.8) is 0 Å². The van der Waals surface area contributed by atoms with Gasteiger partial charge in [-0.25, -0.2) is 4.79 Å². The van der Waals surface area contributed by atoms with E-state index in [4.69, 9.17) is 9.84 Å². The molecule has 0 spiro atoms. The van der Waals surface area contributed by atoms with Gasteiger partial charge < -0.3 is 14.7 Å². The second-order valence-corrected chi connectivity index (χ2v) is 5.76. The second-order valence-electron chi connectivity index (χ2n) is 5.76. The van der Waals surface area contributed by atoms with Crippen LogP contribution in [-0.2, 0) is 26.9 Å². The maximum atomic E-state index is 12.7. The van der Waals surface area contributed by atoms with Crippen molar-refractivity contribution in [3.05, 3.63) is 35.4 Å². The highest BCUT2D eigenvalue weighted by Crippen LogP contribution is 2.30. The lowest BCUT2D eigenvalue weighted by Crippen LogP contribution is -2.54. The number of benzene rings is 1. The summed E-state index contributed by atoms with van der Waals surface area (Å²) in [7, 11) is 0. The first-order valence-corrected chi connectivity index (χ1v) is 7.47. The third-order valence-corrected chi connectivity index (χ3v) is 3.91. The van der Waals surface area contributed by atoms with E-state index in [-0.39, 0.29) is 26.2 Å². The molecule has 0 aromatic heterocycles. The SMILES string of the molecule is C[C@@H](Cc1cccc(C(F)(F)F)c1)C(=O)N1CCOC[C@H]1C(=O)O. The zero-order valence-corrected chi connectivity index (χ0v) is 13.0. The van der Waals surface area contributed by atoms with E-state index >= 15 is 0 Å². The van der Waals surface area contributed by atoms with Gasteiger partial charge in [-0.1, -0.05) is 25.1 Å². The van der Waals surface area contributed by atoms with Crippen LogP contribution in [0.1, 0.15) is 18.1 Å². The second kappa shape index (κ2) is 7.21. The Morgan fingerprint density at radius 1 is 1.42 bits per heavy atom. The number of halogens is 3. The normalized spacial score (nSPS) is 19.8. The smallest absolute Gasteiger partial charge is 0.416 e. The van der Waals surface area contributed by atoms with Gasteiger partial charge >= 0.3 is 12.1 Å². The zero-order valence-electron chi connectivity index (χ0n) is 13.0. The molecule has 0 unspecified atom stereocenters. The van der Waals surface area contributed by atoms with Crippen LogP contribution in [0.25, 0.3) is 0 Å². The monoisotopic (exact) mass is 345 g/mol.